The third kappa shape index (κ3) is 3.40. The number of pyridine rings is 1. The highest BCUT2D eigenvalue weighted by atomic mass is 35.5. The monoisotopic (exact) mass is 318 g/mol. The Morgan fingerprint density at radius 2 is 2.05 bits per heavy atom. The van der Waals surface area contributed by atoms with E-state index in [1.165, 1.54) is 0 Å². The number of hydrogen-bond acceptors (Lipinski definition) is 5. The van der Waals surface area contributed by atoms with Crippen LogP contribution in [0.25, 0.3) is 5.70 Å². The maximum atomic E-state index is 11.4. The van der Waals surface area contributed by atoms with Gasteiger partial charge in [-0.15, -0.1) is 0 Å². The maximum Gasteiger partial charge on any atom is 0.162 e. The van der Waals surface area contributed by atoms with Crippen LogP contribution in [0.15, 0.2) is 17.7 Å². The molecular weight excluding hydrogens is 300 g/mol. The zero-order chi connectivity index (χ0) is 16.1. The summed E-state index contributed by atoms with van der Waals surface area (Å²) in [5, 5.41) is 9.69. The Morgan fingerprint density at radius 1 is 1.36 bits per heavy atom. The average Bonchev–Trinajstić information content (AvgIpc) is 2.52. The molecule has 6 heteroatoms. The van der Waals surface area contributed by atoms with Crippen molar-refractivity contribution in [2.45, 2.75) is 19.3 Å². The van der Waals surface area contributed by atoms with Crippen molar-refractivity contribution in [2.75, 3.05) is 32.1 Å². The van der Waals surface area contributed by atoms with E-state index >= 15 is 0 Å². The first-order chi connectivity index (χ1) is 10.6. The number of aromatic nitrogens is 1. The van der Waals surface area contributed by atoms with Crippen molar-refractivity contribution in [1.82, 2.24) is 9.88 Å². The lowest BCUT2D eigenvalue weighted by Crippen LogP contribution is -2.30. The molecular formula is C16H19ClN4O. The lowest BCUT2D eigenvalue weighted by atomic mass is 10.0. The Bertz CT molecular complexity index is 628. The SMILES string of the molecule is CN(C)c1ccc(Cl)nc1/C(=C(/C#N)C=O)N1CCCCC1. The van der Waals surface area contributed by atoms with Gasteiger partial charge in [0.15, 0.2) is 6.29 Å². The van der Waals surface area contributed by atoms with Crippen molar-refractivity contribution < 1.29 is 4.79 Å². The van der Waals surface area contributed by atoms with Crippen LogP contribution in [0.1, 0.15) is 25.0 Å². The molecule has 116 valence electrons. The predicted molar refractivity (Wildman–Crippen MR) is 87.6 cm³/mol. The van der Waals surface area contributed by atoms with Crippen LogP contribution < -0.4 is 4.90 Å². The van der Waals surface area contributed by atoms with Crippen molar-refractivity contribution in [2.24, 2.45) is 0 Å². The first kappa shape index (κ1) is 16.3. The standard InChI is InChI=1S/C16H19ClN4O/c1-20(2)13-6-7-14(17)19-15(13)16(12(10-18)11-22)21-8-4-3-5-9-21/h6-7,11H,3-5,8-9H2,1-2H3/b16-12+. The fraction of sp³-hybridized carbons (Fsp3) is 0.438. The molecule has 0 radical (unpaired) electrons. The third-order valence-electron chi connectivity index (χ3n) is 3.71. The van der Waals surface area contributed by atoms with Crippen LogP contribution >= 0.6 is 11.6 Å². The number of hydrogen-bond donors (Lipinski definition) is 0. The Morgan fingerprint density at radius 3 is 2.59 bits per heavy atom. The molecule has 1 fully saturated rings. The van der Waals surface area contributed by atoms with E-state index in [0.29, 0.717) is 22.8 Å². The van der Waals surface area contributed by atoms with Gasteiger partial charge >= 0.3 is 0 Å². The van der Waals surface area contributed by atoms with Gasteiger partial charge in [0, 0.05) is 27.2 Å². The Kier molecular flexibility index (Phi) is 5.40. The number of allylic oxidation sites excluding steroid dienone is 1. The van der Waals surface area contributed by atoms with E-state index < -0.39 is 0 Å². The zero-order valence-corrected chi connectivity index (χ0v) is 13.6. The molecule has 1 aliphatic heterocycles. The normalized spacial score (nSPS) is 15.8. The number of carbonyl (C=O) groups is 1. The van der Waals surface area contributed by atoms with E-state index in [-0.39, 0.29) is 5.57 Å². The number of likely N-dealkylation sites (tertiary alicyclic amines) is 1. The summed E-state index contributed by atoms with van der Waals surface area (Å²) in [5.41, 5.74) is 2.10. The number of nitrogens with zero attached hydrogens (tertiary/aromatic N) is 4. The molecule has 1 aromatic rings. The highest BCUT2D eigenvalue weighted by Gasteiger charge is 2.23. The fourth-order valence-electron chi connectivity index (χ4n) is 2.66. The number of anilines is 1. The number of piperidine rings is 1. The minimum Gasteiger partial charge on any atom is -0.376 e. The van der Waals surface area contributed by atoms with E-state index in [2.05, 4.69) is 9.88 Å². The van der Waals surface area contributed by atoms with Gasteiger partial charge in [-0.05, 0) is 31.4 Å². The van der Waals surface area contributed by atoms with Crippen LogP contribution in [0.5, 0.6) is 0 Å². The molecule has 0 atom stereocenters. The van der Waals surface area contributed by atoms with Crippen LogP contribution in [0.4, 0.5) is 5.69 Å². The molecule has 0 aromatic carbocycles. The number of aldehydes is 1. The smallest absolute Gasteiger partial charge is 0.162 e. The van der Waals surface area contributed by atoms with Gasteiger partial charge in [-0.2, -0.15) is 5.26 Å². The molecule has 0 unspecified atom stereocenters. The van der Waals surface area contributed by atoms with E-state index in [0.717, 1.165) is 38.0 Å². The first-order valence-corrected chi connectivity index (χ1v) is 7.65. The molecule has 1 aromatic heterocycles. The maximum absolute atomic E-state index is 11.4. The second-order valence-electron chi connectivity index (χ2n) is 5.44. The molecule has 5 nitrogen and oxygen atoms in total. The van der Waals surface area contributed by atoms with Crippen molar-refractivity contribution in [3.05, 3.63) is 28.6 Å². The Labute approximate surface area is 135 Å². The summed E-state index contributed by atoms with van der Waals surface area (Å²) in [7, 11) is 3.80. The molecule has 0 saturated carbocycles. The van der Waals surface area contributed by atoms with Gasteiger partial charge in [-0.25, -0.2) is 4.98 Å². The molecule has 22 heavy (non-hydrogen) atoms. The molecule has 1 aliphatic rings. The van der Waals surface area contributed by atoms with E-state index in [9.17, 15) is 10.1 Å². The van der Waals surface area contributed by atoms with Gasteiger partial charge in [0.05, 0.1) is 11.4 Å². The van der Waals surface area contributed by atoms with Crippen LogP contribution in [-0.2, 0) is 4.79 Å². The number of halogens is 1. The summed E-state index contributed by atoms with van der Waals surface area (Å²) in [4.78, 5) is 19.8. The minimum atomic E-state index is 0.0970. The molecule has 2 heterocycles. The first-order valence-electron chi connectivity index (χ1n) is 7.27. The molecule has 0 amide bonds. The van der Waals surface area contributed by atoms with Gasteiger partial charge in [-0.3, -0.25) is 4.79 Å². The number of nitriles is 1. The van der Waals surface area contributed by atoms with E-state index in [1.54, 1.807) is 6.07 Å². The van der Waals surface area contributed by atoms with Gasteiger partial charge in [0.1, 0.15) is 22.5 Å². The Hall–Kier alpha value is -2.06. The topological polar surface area (TPSA) is 60.2 Å². The van der Waals surface area contributed by atoms with Crippen LogP contribution in [-0.4, -0.2) is 43.4 Å². The van der Waals surface area contributed by atoms with Gasteiger partial charge in [0.25, 0.3) is 0 Å². The molecule has 2 rings (SSSR count). The van der Waals surface area contributed by atoms with Crippen molar-refractivity contribution in [1.29, 1.82) is 5.26 Å². The van der Waals surface area contributed by atoms with E-state index in [4.69, 9.17) is 11.6 Å². The zero-order valence-electron chi connectivity index (χ0n) is 12.8. The van der Waals surface area contributed by atoms with Gasteiger partial charge < -0.3 is 9.80 Å². The van der Waals surface area contributed by atoms with Gasteiger partial charge in [-0.1, -0.05) is 11.6 Å². The van der Waals surface area contributed by atoms with E-state index in [1.807, 2.05) is 31.1 Å². The molecule has 0 aliphatic carbocycles. The second-order valence-corrected chi connectivity index (χ2v) is 5.82. The van der Waals surface area contributed by atoms with Crippen LogP contribution in [0, 0.1) is 11.3 Å². The highest BCUT2D eigenvalue weighted by Crippen LogP contribution is 2.32. The van der Waals surface area contributed by atoms with Crippen molar-refractivity contribution in [3.63, 3.8) is 0 Å². The van der Waals surface area contributed by atoms with Crippen molar-refractivity contribution in [3.8, 4) is 6.07 Å². The third-order valence-corrected chi connectivity index (χ3v) is 3.92. The lowest BCUT2D eigenvalue weighted by molar-refractivity contribution is -0.104. The summed E-state index contributed by atoms with van der Waals surface area (Å²) in [6.07, 6.45) is 3.85. The largest absolute Gasteiger partial charge is 0.376 e. The quantitative estimate of drug-likeness (QED) is 0.370. The average molecular weight is 319 g/mol. The minimum absolute atomic E-state index is 0.0970. The molecule has 0 bridgehead atoms. The van der Waals surface area contributed by atoms with Crippen molar-refractivity contribution >= 4 is 29.3 Å². The summed E-state index contributed by atoms with van der Waals surface area (Å²) >= 11 is 6.05. The highest BCUT2D eigenvalue weighted by molar-refractivity contribution is 6.29. The number of carbonyl (C=O) groups excluding carboxylic acids is 1. The molecule has 1 saturated heterocycles. The predicted octanol–water partition coefficient (Wildman–Crippen LogP) is 2.72. The summed E-state index contributed by atoms with van der Waals surface area (Å²) < 4.78 is 0. The summed E-state index contributed by atoms with van der Waals surface area (Å²) in [5.74, 6) is 0. The summed E-state index contributed by atoms with van der Waals surface area (Å²) in [6.45, 7) is 1.63. The molecule has 0 spiro atoms. The second kappa shape index (κ2) is 7.28. The van der Waals surface area contributed by atoms with Crippen LogP contribution in [0.3, 0.4) is 0 Å². The summed E-state index contributed by atoms with van der Waals surface area (Å²) in [6, 6.07) is 5.57. The van der Waals surface area contributed by atoms with Crippen LogP contribution in [0.2, 0.25) is 5.15 Å². The number of rotatable bonds is 4. The Balaban J connectivity index is 2.64. The van der Waals surface area contributed by atoms with Gasteiger partial charge in [0.2, 0.25) is 0 Å². The lowest BCUT2D eigenvalue weighted by Gasteiger charge is -2.32. The fourth-order valence-corrected chi connectivity index (χ4v) is 2.81. The molecule has 0 N–H and O–H groups in total.